The van der Waals surface area contributed by atoms with Gasteiger partial charge in [0.25, 0.3) is 11.8 Å². The summed E-state index contributed by atoms with van der Waals surface area (Å²) < 4.78 is 39.1. The lowest BCUT2D eigenvalue weighted by Crippen LogP contribution is -2.51. The maximum atomic E-state index is 14.2. The summed E-state index contributed by atoms with van der Waals surface area (Å²) in [7, 11) is 1.28. The van der Waals surface area contributed by atoms with E-state index in [0.717, 1.165) is 11.6 Å². The number of fused-ring (bicyclic) bond motifs is 4. The van der Waals surface area contributed by atoms with Crippen molar-refractivity contribution in [3.05, 3.63) is 99.0 Å². The fraction of sp³-hybridized carbons (Fsp3) is 0.355. The summed E-state index contributed by atoms with van der Waals surface area (Å²) in [6, 6.07) is 11.1. The Morgan fingerprint density at radius 1 is 1.14 bits per heavy atom. The van der Waals surface area contributed by atoms with Crippen molar-refractivity contribution in [1.29, 1.82) is 0 Å². The molecule has 2 bridgehead atoms. The number of methoxy groups -OCH3 is 1. The molecular weight excluding hydrogens is 580 g/mol. The quantitative estimate of drug-likeness (QED) is 0.294. The van der Waals surface area contributed by atoms with Crippen LogP contribution in [-0.2, 0) is 22.7 Å². The zero-order valence-electron chi connectivity index (χ0n) is 23.6. The predicted molar refractivity (Wildman–Crippen MR) is 156 cm³/mol. The van der Waals surface area contributed by atoms with Crippen LogP contribution in [0, 0.1) is 11.6 Å². The molecule has 1 aromatic heterocycles. The Labute approximate surface area is 252 Å². The van der Waals surface area contributed by atoms with Crippen LogP contribution in [-0.4, -0.2) is 51.7 Å². The summed E-state index contributed by atoms with van der Waals surface area (Å²) >= 11 is 4.97. The van der Waals surface area contributed by atoms with Gasteiger partial charge in [0, 0.05) is 41.7 Å². The number of carbonyl (C=O) groups excluding carboxylic acids is 3. The van der Waals surface area contributed by atoms with Crippen LogP contribution < -0.4 is 15.5 Å². The standard InChI is InChI=1S/C31H31F2N3O6S/c1-18-10-11-31(43,13-25(37)41-2)24-16-35(18)30(40)26-28(42-17-19-6-4-3-5-7-19)27(38)22(15-36(24)26)29(39)34-14-20-8-9-21(32)12-23(20)33/h3-9,12,15,18,24,43H,10-11,13-14,16-17H2,1-2H3,(H,34,39)/t18-,24+,31-/m0/s1. The highest BCUT2D eigenvalue weighted by atomic mass is 32.1. The molecule has 226 valence electrons. The van der Waals surface area contributed by atoms with E-state index >= 15 is 0 Å². The van der Waals surface area contributed by atoms with E-state index in [1.54, 1.807) is 29.2 Å². The average Bonchev–Trinajstić information content (AvgIpc) is 3.09. The second-order valence-electron chi connectivity index (χ2n) is 10.9. The highest BCUT2D eigenvalue weighted by Crippen LogP contribution is 2.45. The van der Waals surface area contributed by atoms with Crippen molar-refractivity contribution in [3.8, 4) is 5.75 Å². The second kappa shape index (κ2) is 12.2. The Balaban J connectivity index is 1.62. The van der Waals surface area contributed by atoms with Gasteiger partial charge < -0.3 is 24.3 Å². The van der Waals surface area contributed by atoms with Gasteiger partial charge in [-0.05, 0) is 31.4 Å². The van der Waals surface area contributed by atoms with Gasteiger partial charge in [-0.25, -0.2) is 8.78 Å². The van der Waals surface area contributed by atoms with Crippen molar-refractivity contribution in [1.82, 2.24) is 14.8 Å². The van der Waals surface area contributed by atoms with Crippen LogP contribution in [0.4, 0.5) is 8.78 Å². The summed E-state index contributed by atoms with van der Waals surface area (Å²) in [5.74, 6) is -3.71. The molecule has 2 aliphatic rings. The van der Waals surface area contributed by atoms with Crippen LogP contribution in [0.2, 0.25) is 0 Å². The van der Waals surface area contributed by atoms with E-state index < -0.39 is 45.6 Å². The summed E-state index contributed by atoms with van der Waals surface area (Å²) in [4.78, 5) is 55.3. The molecule has 3 atom stereocenters. The van der Waals surface area contributed by atoms with Gasteiger partial charge in [0.15, 0.2) is 11.4 Å². The molecular formula is C31H31F2N3O6S. The molecule has 12 heteroatoms. The Morgan fingerprint density at radius 3 is 2.58 bits per heavy atom. The van der Waals surface area contributed by atoms with Crippen molar-refractivity contribution in [3.63, 3.8) is 0 Å². The zero-order chi connectivity index (χ0) is 30.9. The van der Waals surface area contributed by atoms with Gasteiger partial charge in [0.05, 0.1) is 19.6 Å². The lowest BCUT2D eigenvalue weighted by molar-refractivity contribution is -0.141. The first-order valence-electron chi connectivity index (χ1n) is 13.8. The van der Waals surface area contributed by atoms with E-state index in [1.807, 2.05) is 13.0 Å². The Morgan fingerprint density at radius 2 is 1.88 bits per heavy atom. The van der Waals surface area contributed by atoms with Crippen molar-refractivity contribution < 1.29 is 32.6 Å². The number of hydrogen-bond donors (Lipinski definition) is 2. The molecule has 2 amide bonds. The van der Waals surface area contributed by atoms with Crippen LogP contribution in [0.15, 0.2) is 59.5 Å². The number of amides is 2. The molecule has 0 unspecified atom stereocenters. The van der Waals surface area contributed by atoms with Gasteiger partial charge in [-0.2, -0.15) is 12.6 Å². The molecule has 2 aliphatic heterocycles. The smallest absolute Gasteiger partial charge is 0.306 e. The van der Waals surface area contributed by atoms with Crippen molar-refractivity contribution >= 4 is 30.4 Å². The molecule has 5 rings (SSSR count). The van der Waals surface area contributed by atoms with Crippen LogP contribution in [0.5, 0.6) is 5.75 Å². The fourth-order valence-electron chi connectivity index (χ4n) is 5.64. The Bertz CT molecular complexity index is 1630. The molecule has 9 nitrogen and oxygen atoms in total. The number of hydrogen-bond acceptors (Lipinski definition) is 7. The van der Waals surface area contributed by atoms with Gasteiger partial charge in [-0.1, -0.05) is 36.4 Å². The number of ether oxygens (including phenoxy) is 2. The topological polar surface area (TPSA) is 107 Å². The number of nitrogens with one attached hydrogen (secondary N) is 1. The minimum Gasteiger partial charge on any atom is -0.483 e. The van der Waals surface area contributed by atoms with E-state index in [9.17, 15) is 28.0 Å². The number of nitrogens with zero attached hydrogens (tertiary/aromatic N) is 2. The minimum atomic E-state index is -0.998. The molecule has 43 heavy (non-hydrogen) atoms. The van der Waals surface area contributed by atoms with E-state index in [4.69, 9.17) is 22.1 Å². The monoisotopic (exact) mass is 611 g/mol. The largest absolute Gasteiger partial charge is 0.483 e. The minimum absolute atomic E-state index is 0.0180. The molecule has 0 spiro atoms. The first-order valence-corrected chi connectivity index (χ1v) is 14.2. The highest BCUT2D eigenvalue weighted by Gasteiger charge is 2.49. The molecule has 1 fully saturated rings. The maximum Gasteiger partial charge on any atom is 0.306 e. The number of rotatable bonds is 8. The number of esters is 1. The van der Waals surface area contributed by atoms with E-state index in [-0.39, 0.29) is 54.7 Å². The first-order chi connectivity index (χ1) is 20.5. The first kappa shape index (κ1) is 30.3. The number of thiol groups is 1. The number of benzene rings is 2. The fourth-order valence-corrected chi connectivity index (χ4v) is 6.10. The normalized spacial score (nSPS) is 21.0. The van der Waals surface area contributed by atoms with Crippen LogP contribution >= 0.6 is 12.6 Å². The molecule has 0 saturated carbocycles. The number of carbonyl (C=O) groups is 3. The molecule has 1 saturated heterocycles. The molecule has 0 radical (unpaired) electrons. The molecule has 2 aromatic carbocycles. The van der Waals surface area contributed by atoms with Crippen molar-refractivity contribution in [2.45, 2.75) is 56.2 Å². The van der Waals surface area contributed by atoms with E-state index in [1.165, 1.54) is 23.9 Å². The lowest BCUT2D eigenvalue weighted by atomic mass is 9.89. The number of pyridine rings is 1. The lowest BCUT2D eigenvalue weighted by Gasteiger charge is -2.43. The zero-order valence-corrected chi connectivity index (χ0v) is 24.5. The van der Waals surface area contributed by atoms with Crippen molar-refractivity contribution in [2.24, 2.45) is 0 Å². The SMILES string of the molecule is COC(=O)C[C@@]1(S)CC[C@H](C)N2C[C@H]1n1cc(C(=O)NCc3ccc(F)cc3F)c(=O)c(OCc3ccccc3)c1C2=O. The van der Waals surface area contributed by atoms with Crippen LogP contribution in [0.1, 0.15) is 64.2 Å². The number of aromatic nitrogens is 1. The maximum absolute atomic E-state index is 14.2. The second-order valence-corrected chi connectivity index (χ2v) is 11.8. The average molecular weight is 612 g/mol. The van der Waals surface area contributed by atoms with E-state index in [0.29, 0.717) is 18.9 Å². The van der Waals surface area contributed by atoms with Crippen LogP contribution in [0.3, 0.4) is 0 Å². The van der Waals surface area contributed by atoms with Gasteiger partial charge in [-0.15, -0.1) is 0 Å². The van der Waals surface area contributed by atoms with Gasteiger partial charge in [-0.3, -0.25) is 19.2 Å². The summed E-state index contributed by atoms with van der Waals surface area (Å²) in [5.41, 5.74) is -0.468. The third kappa shape index (κ3) is 6.01. The van der Waals surface area contributed by atoms with Gasteiger partial charge in [0.2, 0.25) is 5.43 Å². The van der Waals surface area contributed by atoms with Gasteiger partial charge in [0.1, 0.15) is 23.8 Å². The highest BCUT2D eigenvalue weighted by molar-refractivity contribution is 7.81. The molecule has 0 aliphatic carbocycles. The Hall–Kier alpha value is -4.19. The van der Waals surface area contributed by atoms with E-state index in [2.05, 4.69) is 5.32 Å². The molecule has 1 N–H and O–H groups in total. The van der Waals surface area contributed by atoms with Crippen LogP contribution in [0.25, 0.3) is 0 Å². The third-order valence-electron chi connectivity index (χ3n) is 8.11. The van der Waals surface area contributed by atoms with Crippen molar-refractivity contribution in [2.75, 3.05) is 13.7 Å². The predicted octanol–water partition coefficient (Wildman–Crippen LogP) is 4.05. The summed E-state index contributed by atoms with van der Waals surface area (Å²) in [5, 5.41) is 2.51. The third-order valence-corrected chi connectivity index (χ3v) is 8.79. The molecule has 3 aromatic rings. The summed E-state index contributed by atoms with van der Waals surface area (Å²) in [6.45, 7) is 1.69. The Kier molecular flexibility index (Phi) is 8.59. The summed E-state index contributed by atoms with van der Waals surface area (Å²) in [6.07, 6.45) is 2.18. The molecule has 3 heterocycles. The van der Waals surface area contributed by atoms with Gasteiger partial charge >= 0.3 is 5.97 Å². The number of halogens is 2.